The summed E-state index contributed by atoms with van der Waals surface area (Å²) in [5, 5.41) is 6.89. The summed E-state index contributed by atoms with van der Waals surface area (Å²) in [7, 11) is 2.09. The molecule has 0 bridgehead atoms. The topological polar surface area (TPSA) is 52.6 Å². The normalized spacial score (nSPS) is 11.2. The van der Waals surface area contributed by atoms with Gasteiger partial charge in [-0.2, -0.15) is 0 Å². The van der Waals surface area contributed by atoms with Crippen molar-refractivity contribution in [1.82, 2.24) is 0 Å². The molecule has 2 aromatic carbocycles. The molecule has 4 nitrogen and oxygen atoms in total. The van der Waals surface area contributed by atoms with Crippen LogP contribution in [0.3, 0.4) is 0 Å². The molecule has 0 saturated carbocycles. The number of esters is 2. The number of benzene rings is 2. The number of thiophene rings is 4. The Morgan fingerprint density at radius 3 is 1.04 bits per heavy atom. The highest BCUT2D eigenvalue weighted by molar-refractivity contribution is 8.02. The molecule has 0 fully saturated rings. The van der Waals surface area contributed by atoms with E-state index in [0.29, 0.717) is 16.8 Å². The van der Waals surface area contributed by atoms with Crippen molar-refractivity contribution < 1.29 is 36.6 Å². The molecule has 0 aliphatic carbocycles. The minimum atomic E-state index is -1.16. The average molecular weight is 799 g/mol. The van der Waals surface area contributed by atoms with Crippen LogP contribution in [0.15, 0.2) is 106 Å². The Labute approximate surface area is 304 Å². The molecule has 0 spiro atoms. The Morgan fingerprint density at radius 1 is 0.500 bits per heavy atom. The number of halogens is 4. The van der Waals surface area contributed by atoms with Crippen LogP contribution in [0.25, 0.3) is 11.1 Å². The van der Waals surface area contributed by atoms with E-state index in [2.05, 4.69) is 0 Å². The maximum atomic E-state index is 17.4. The number of methoxy groups -OCH3 is 2. The predicted molar refractivity (Wildman–Crippen MR) is 188 cm³/mol. The molecule has 0 amide bonds. The van der Waals surface area contributed by atoms with Crippen LogP contribution in [0.1, 0.15) is 20.7 Å². The van der Waals surface area contributed by atoms with Gasteiger partial charge in [0, 0.05) is 11.1 Å². The van der Waals surface area contributed by atoms with Gasteiger partial charge in [-0.3, -0.25) is 0 Å². The smallest absolute Gasteiger partial charge is 0.342 e. The quantitative estimate of drug-likeness (QED) is 0.0949. The summed E-state index contributed by atoms with van der Waals surface area (Å²) in [6.45, 7) is 0. The summed E-state index contributed by atoms with van der Waals surface area (Å²) in [6.07, 6.45) is 0. The Hall–Kier alpha value is -2.70. The Morgan fingerprint density at radius 2 is 0.792 bits per heavy atom. The highest BCUT2D eigenvalue weighted by Crippen LogP contribution is 2.54. The van der Waals surface area contributed by atoms with E-state index in [1.807, 2.05) is 0 Å². The van der Waals surface area contributed by atoms with E-state index in [-0.39, 0.29) is 0 Å². The van der Waals surface area contributed by atoms with Crippen LogP contribution in [0, 0.1) is 23.3 Å². The van der Waals surface area contributed by atoms with E-state index in [1.165, 1.54) is 45.3 Å². The van der Waals surface area contributed by atoms with Gasteiger partial charge in [-0.05, 0) is 45.8 Å². The number of carbonyl (C=O) groups is 2. The highest BCUT2D eigenvalue weighted by atomic mass is 32.2. The monoisotopic (exact) mass is 798 g/mol. The molecular weight excluding hydrogens is 781 g/mol. The zero-order valence-electron chi connectivity index (χ0n) is 24.3. The lowest BCUT2D eigenvalue weighted by Gasteiger charge is -2.22. The van der Waals surface area contributed by atoms with E-state index >= 15 is 17.6 Å². The van der Waals surface area contributed by atoms with Gasteiger partial charge in [0.25, 0.3) is 0 Å². The Bertz CT molecular complexity index is 1930. The number of hydrogen-bond donors (Lipinski definition) is 0. The van der Waals surface area contributed by atoms with E-state index in [4.69, 9.17) is 9.47 Å². The van der Waals surface area contributed by atoms with Crippen LogP contribution in [0.2, 0.25) is 0 Å². The predicted octanol–water partition coefficient (Wildman–Crippen LogP) is 12.3. The first-order chi connectivity index (χ1) is 23.2. The lowest BCUT2D eigenvalue weighted by atomic mass is 9.99. The third kappa shape index (κ3) is 6.99. The van der Waals surface area contributed by atoms with Crippen molar-refractivity contribution in [2.75, 3.05) is 14.2 Å². The fraction of sp³-hybridized carbons (Fsp3) is 0.0625. The molecule has 0 saturated heterocycles. The van der Waals surface area contributed by atoms with Gasteiger partial charge in [-0.15, -0.1) is 45.3 Å². The van der Waals surface area contributed by atoms with Crippen molar-refractivity contribution in [3.63, 3.8) is 0 Å². The maximum Gasteiger partial charge on any atom is 0.342 e. The summed E-state index contributed by atoms with van der Waals surface area (Å²) in [5.74, 6) is -6.91. The van der Waals surface area contributed by atoms with Crippen molar-refractivity contribution in [3.05, 3.63) is 104 Å². The van der Waals surface area contributed by atoms with Gasteiger partial charge in [0.15, 0.2) is 11.6 Å². The largest absolute Gasteiger partial charge is 0.465 e. The number of ether oxygens (including phenoxy) is 2. The molecule has 246 valence electrons. The van der Waals surface area contributed by atoms with Gasteiger partial charge < -0.3 is 9.47 Å². The van der Waals surface area contributed by atoms with Gasteiger partial charge in [-0.25, -0.2) is 27.2 Å². The molecule has 48 heavy (non-hydrogen) atoms. The standard InChI is InChI=1S/C32H18F4O4S8/c1-39-31(37)21-25(35)27(45-15-7-3-11-41-15)19(23(33)29(21)47-17-9-5-13-43-17)20-24(34)30(48-18-10-6-14-44-18)22(32(38)40-2)26(36)28(20)46-16-8-4-12-42-16/h3-14H,1-2H3. The minimum Gasteiger partial charge on any atom is -0.465 e. The maximum absolute atomic E-state index is 17.4. The van der Waals surface area contributed by atoms with E-state index in [9.17, 15) is 9.59 Å². The summed E-state index contributed by atoms with van der Waals surface area (Å²) < 4.78 is 80.4. The molecule has 0 radical (unpaired) electrons. The Balaban J connectivity index is 1.76. The highest BCUT2D eigenvalue weighted by Gasteiger charge is 2.37. The van der Waals surface area contributed by atoms with Gasteiger partial charge in [0.2, 0.25) is 0 Å². The van der Waals surface area contributed by atoms with Crippen LogP contribution < -0.4 is 0 Å². The van der Waals surface area contributed by atoms with Crippen LogP contribution in [0.4, 0.5) is 17.6 Å². The Kier molecular flexibility index (Phi) is 11.3. The number of carbonyl (C=O) groups excluding carboxylic acids is 2. The summed E-state index contributed by atoms with van der Waals surface area (Å²) in [5.41, 5.74) is -2.55. The zero-order chi connectivity index (χ0) is 33.9. The van der Waals surface area contributed by atoms with Crippen LogP contribution in [-0.2, 0) is 9.47 Å². The average Bonchev–Trinajstić information content (AvgIpc) is 3.92. The third-order valence-electron chi connectivity index (χ3n) is 6.40. The second kappa shape index (κ2) is 15.5. The van der Waals surface area contributed by atoms with E-state index < -0.39 is 77.0 Å². The molecule has 4 aromatic heterocycles. The lowest BCUT2D eigenvalue weighted by molar-refractivity contribution is 0.0580. The molecule has 6 rings (SSSR count). The first-order valence-electron chi connectivity index (χ1n) is 13.4. The second-order valence-corrected chi connectivity index (χ2v) is 18.2. The van der Waals surface area contributed by atoms with Crippen LogP contribution in [-0.4, -0.2) is 26.2 Å². The van der Waals surface area contributed by atoms with E-state index in [1.54, 1.807) is 70.1 Å². The SMILES string of the molecule is COC(=O)c1c(F)c(Sc2cccs2)c(-c2c(F)c(Sc3cccs3)c(C(=O)OC)c(F)c2Sc2cccs2)c(F)c1Sc1cccs1. The minimum absolute atomic E-state index is 0.449. The molecule has 0 atom stereocenters. The number of rotatable bonds is 11. The summed E-state index contributed by atoms with van der Waals surface area (Å²) in [6, 6.07) is 13.4. The molecular formula is C32H18F4O4S8. The lowest BCUT2D eigenvalue weighted by Crippen LogP contribution is -2.14. The molecule has 0 aliphatic rings. The fourth-order valence-electron chi connectivity index (χ4n) is 4.38. The zero-order valence-corrected chi connectivity index (χ0v) is 30.9. The second-order valence-electron chi connectivity index (χ2n) is 9.19. The number of hydrogen-bond acceptors (Lipinski definition) is 12. The molecule has 6 aromatic rings. The van der Waals surface area contributed by atoms with Crippen molar-refractivity contribution >= 4 is 104 Å². The molecule has 0 unspecified atom stereocenters. The van der Waals surface area contributed by atoms with Crippen molar-refractivity contribution in [3.8, 4) is 11.1 Å². The molecule has 0 aliphatic heterocycles. The third-order valence-corrected chi connectivity index (χ3v) is 14.9. The van der Waals surface area contributed by atoms with Crippen LogP contribution >= 0.6 is 92.4 Å². The van der Waals surface area contributed by atoms with E-state index in [0.717, 1.165) is 61.3 Å². The molecule has 4 heterocycles. The van der Waals surface area contributed by atoms with Crippen molar-refractivity contribution in [1.29, 1.82) is 0 Å². The molecule has 0 N–H and O–H groups in total. The first kappa shape index (κ1) is 35.1. The summed E-state index contributed by atoms with van der Waals surface area (Å²) in [4.78, 5) is 24.4. The van der Waals surface area contributed by atoms with Crippen LogP contribution in [0.5, 0.6) is 0 Å². The van der Waals surface area contributed by atoms with Crippen molar-refractivity contribution in [2.45, 2.75) is 36.4 Å². The fourth-order valence-corrected chi connectivity index (χ4v) is 11.9. The van der Waals surface area contributed by atoms with Gasteiger partial charge in [-0.1, -0.05) is 71.3 Å². The van der Waals surface area contributed by atoms with Gasteiger partial charge in [0.05, 0.1) is 50.6 Å². The molecule has 16 heteroatoms. The first-order valence-corrected chi connectivity index (χ1v) is 20.1. The van der Waals surface area contributed by atoms with Gasteiger partial charge in [0.1, 0.15) is 22.8 Å². The van der Waals surface area contributed by atoms with Gasteiger partial charge >= 0.3 is 11.9 Å². The summed E-state index contributed by atoms with van der Waals surface area (Å²) >= 11 is 7.95. The van der Waals surface area contributed by atoms with Crippen molar-refractivity contribution in [2.24, 2.45) is 0 Å².